The van der Waals surface area contributed by atoms with Gasteiger partial charge in [0, 0.05) is 12.6 Å². The van der Waals surface area contributed by atoms with E-state index in [0.717, 1.165) is 17.6 Å². The smallest absolute Gasteiger partial charge is 0.166 e. The van der Waals surface area contributed by atoms with Crippen molar-refractivity contribution >= 4 is 17.3 Å². The fourth-order valence-electron chi connectivity index (χ4n) is 2.31. The second-order valence-corrected chi connectivity index (χ2v) is 5.84. The molecule has 0 bridgehead atoms. The molecule has 94 valence electrons. The first-order valence-corrected chi connectivity index (χ1v) is 7.04. The molecule has 0 aromatic carbocycles. The molecule has 1 aliphatic carbocycles. The van der Waals surface area contributed by atoms with Crippen LogP contribution in [0.15, 0.2) is 0 Å². The van der Waals surface area contributed by atoms with Gasteiger partial charge in [-0.2, -0.15) is 0 Å². The molecular formula is C13H26N2S. The van der Waals surface area contributed by atoms with Gasteiger partial charge in [0.05, 0.1) is 0 Å². The van der Waals surface area contributed by atoms with E-state index in [-0.39, 0.29) is 0 Å². The Bertz CT molecular complexity index is 210. The molecule has 2 nitrogen and oxygen atoms in total. The molecule has 1 atom stereocenters. The molecule has 0 amide bonds. The normalized spacial score (nSPS) is 19.5. The highest BCUT2D eigenvalue weighted by Gasteiger charge is 2.20. The van der Waals surface area contributed by atoms with Crippen molar-refractivity contribution in [2.45, 2.75) is 58.9 Å². The van der Waals surface area contributed by atoms with Crippen LogP contribution in [0.5, 0.6) is 0 Å². The van der Waals surface area contributed by atoms with Crippen molar-refractivity contribution in [3.05, 3.63) is 0 Å². The topological polar surface area (TPSA) is 24.1 Å². The zero-order valence-electron chi connectivity index (χ0n) is 10.9. The Kier molecular flexibility index (Phi) is 6.10. The van der Waals surface area contributed by atoms with Crippen LogP contribution in [0.3, 0.4) is 0 Å². The lowest BCUT2D eigenvalue weighted by Crippen LogP contribution is -2.45. The molecule has 16 heavy (non-hydrogen) atoms. The van der Waals surface area contributed by atoms with Gasteiger partial charge in [-0.1, -0.05) is 33.1 Å². The standard InChI is InChI=1S/C13H26N2S/c1-10(2)9-14-13(16)15-11(3)12-7-5-4-6-8-12/h10-12H,4-9H2,1-3H3,(H2,14,15,16). The summed E-state index contributed by atoms with van der Waals surface area (Å²) >= 11 is 5.30. The number of thiocarbonyl (C=S) groups is 1. The Hall–Kier alpha value is -0.310. The molecule has 0 aromatic rings. The molecule has 1 rings (SSSR count). The van der Waals surface area contributed by atoms with Gasteiger partial charge < -0.3 is 10.6 Å². The summed E-state index contributed by atoms with van der Waals surface area (Å²) in [5.74, 6) is 1.46. The van der Waals surface area contributed by atoms with E-state index in [0.29, 0.717) is 12.0 Å². The van der Waals surface area contributed by atoms with Gasteiger partial charge >= 0.3 is 0 Å². The summed E-state index contributed by atoms with van der Waals surface area (Å²) < 4.78 is 0. The van der Waals surface area contributed by atoms with E-state index < -0.39 is 0 Å². The van der Waals surface area contributed by atoms with E-state index in [1.165, 1.54) is 32.1 Å². The fraction of sp³-hybridized carbons (Fsp3) is 0.923. The maximum Gasteiger partial charge on any atom is 0.166 e. The Morgan fingerprint density at radius 2 is 1.81 bits per heavy atom. The molecule has 0 aromatic heterocycles. The van der Waals surface area contributed by atoms with Crippen LogP contribution in [-0.2, 0) is 0 Å². The zero-order chi connectivity index (χ0) is 12.0. The van der Waals surface area contributed by atoms with E-state index >= 15 is 0 Å². The molecule has 1 fully saturated rings. The summed E-state index contributed by atoms with van der Waals surface area (Å²) in [5.41, 5.74) is 0. The van der Waals surface area contributed by atoms with Gasteiger partial charge in [-0.05, 0) is 43.8 Å². The first-order chi connectivity index (χ1) is 7.59. The Labute approximate surface area is 106 Å². The lowest BCUT2D eigenvalue weighted by molar-refractivity contribution is 0.301. The summed E-state index contributed by atoms with van der Waals surface area (Å²) in [5, 5.41) is 7.52. The van der Waals surface area contributed by atoms with E-state index in [1.54, 1.807) is 0 Å². The average Bonchev–Trinajstić information content (AvgIpc) is 2.27. The second-order valence-electron chi connectivity index (χ2n) is 5.43. The molecule has 3 heteroatoms. The monoisotopic (exact) mass is 242 g/mol. The van der Waals surface area contributed by atoms with E-state index in [4.69, 9.17) is 12.2 Å². The molecule has 0 saturated heterocycles. The summed E-state index contributed by atoms with van der Waals surface area (Å²) in [6.07, 6.45) is 6.92. The maximum absolute atomic E-state index is 5.30. The molecule has 0 spiro atoms. The minimum atomic E-state index is 0.521. The highest BCUT2D eigenvalue weighted by Crippen LogP contribution is 2.26. The lowest BCUT2D eigenvalue weighted by atomic mass is 9.85. The predicted octanol–water partition coefficient (Wildman–Crippen LogP) is 3.08. The van der Waals surface area contributed by atoms with E-state index in [2.05, 4.69) is 31.4 Å². The fourth-order valence-corrected chi connectivity index (χ4v) is 2.58. The van der Waals surface area contributed by atoms with Crippen LogP contribution in [0.4, 0.5) is 0 Å². The molecular weight excluding hydrogens is 216 g/mol. The highest BCUT2D eigenvalue weighted by atomic mass is 32.1. The largest absolute Gasteiger partial charge is 0.362 e. The average molecular weight is 242 g/mol. The quantitative estimate of drug-likeness (QED) is 0.741. The van der Waals surface area contributed by atoms with Gasteiger partial charge in [0.2, 0.25) is 0 Å². The van der Waals surface area contributed by atoms with Crippen LogP contribution in [0.1, 0.15) is 52.9 Å². The van der Waals surface area contributed by atoms with Crippen LogP contribution in [-0.4, -0.2) is 17.7 Å². The first-order valence-electron chi connectivity index (χ1n) is 6.64. The van der Waals surface area contributed by atoms with Crippen molar-refractivity contribution in [1.29, 1.82) is 0 Å². The minimum Gasteiger partial charge on any atom is -0.362 e. The van der Waals surface area contributed by atoms with Crippen LogP contribution in [0.25, 0.3) is 0 Å². The predicted molar refractivity (Wildman–Crippen MR) is 74.6 cm³/mol. The van der Waals surface area contributed by atoms with Gasteiger partial charge in [-0.3, -0.25) is 0 Å². The molecule has 0 heterocycles. The molecule has 0 aliphatic heterocycles. The molecule has 1 aliphatic rings. The highest BCUT2D eigenvalue weighted by molar-refractivity contribution is 7.80. The third-order valence-corrected chi connectivity index (χ3v) is 3.65. The number of rotatable bonds is 4. The molecule has 1 unspecified atom stereocenters. The summed E-state index contributed by atoms with van der Waals surface area (Å²) in [6, 6.07) is 0.521. The van der Waals surface area contributed by atoms with Gasteiger partial charge in [0.15, 0.2) is 5.11 Å². The van der Waals surface area contributed by atoms with Crippen LogP contribution in [0.2, 0.25) is 0 Å². The third kappa shape index (κ3) is 5.15. The number of hydrogen-bond donors (Lipinski definition) is 2. The molecule has 1 saturated carbocycles. The Balaban J connectivity index is 2.21. The van der Waals surface area contributed by atoms with Crippen molar-refractivity contribution in [3.63, 3.8) is 0 Å². The maximum atomic E-state index is 5.30. The second kappa shape index (κ2) is 7.10. The third-order valence-electron chi connectivity index (χ3n) is 3.39. The molecule has 0 radical (unpaired) electrons. The number of nitrogens with one attached hydrogen (secondary N) is 2. The summed E-state index contributed by atoms with van der Waals surface area (Å²) in [6.45, 7) is 7.61. The zero-order valence-corrected chi connectivity index (χ0v) is 11.7. The van der Waals surface area contributed by atoms with Crippen molar-refractivity contribution in [2.75, 3.05) is 6.54 Å². The molecule has 2 N–H and O–H groups in total. The van der Waals surface area contributed by atoms with E-state index in [9.17, 15) is 0 Å². The Morgan fingerprint density at radius 3 is 2.38 bits per heavy atom. The van der Waals surface area contributed by atoms with Crippen molar-refractivity contribution in [3.8, 4) is 0 Å². The number of hydrogen-bond acceptors (Lipinski definition) is 1. The van der Waals surface area contributed by atoms with Crippen molar-refractivity contribution in [2.24, 2.45) is 11.8 Å². The van der Waals surface area contributed by atoms with Gasteiger partial charge in [0.25, 0.3) is 0 Å². The lowest BCUT2D eigenvalue weighted by Gasteiger charge is -2.29. The summed E-state index contributed by atoms with van der Waals surface area (Å²) in [7, 11) is 0. The SMILES string of the molecule is CC(C)CNC(=S)NC(C)C1CCCCC1. The Morgan fingerprint density at radius 1 is 1.19 bits per heavy atom. The minimum absolute atomic E-state index is 0.521. The summed E-state index contributed by atoms with van der Waals surface area (Å²) in [4.78, 5) is 0. The first kappa shape index (κ1) is 13.8. The van der Waals surface area contributed by atoms with Gasteiger partial charge in [-0.25, -0.2) is 0 Å². The van der Waals surface area contributed by atoms with Gasteiger partial charge in [0.1, 0.15) is 0 Å². The van der Waals surface area contributed by atoms with Crippen molar-refractivity contribution < 1.29 is 0 Å². The van der Waals surface area contributed by atoms with Crippen LogP contribution in [0, 0.1) is 11.8 Å². The van der Waals surface area contributed by atoms with Crippen molar-refractivity contribution in [1.82, 2.24) is 10.6 Å². The van der Waals surface area contributed by atoms with Gasteiger partial charge in [-0.15, -0.1) is 0 Å². The van der Waals surface area contributed by atoms with Crippen LogP contribution < -0.4 is 10.6 Å². The van der Waals surface area contributed by atoms with Crippen LogP contribution >= 0.6 is 12.2 Å². The van der Waals surface area contributed by atoms with E-state index in [1.807, 2.05) is 0 Å².